The molecular weight excluding hydrogens is 472 g/mol. The molecule has 2 aromatic rings. The van der Waals surface area contributed by atoms with Gasteiger partial charge in [0.1, 0.15) is 6.33 Å². The fraction of sp³-hybridized carbons (Fsp3) is 0.368. The average Bonchev–Trinajstić information content (AvgIpc) is 2.77. The monoisotopic (exact) mass is 492 g/mol. The molecule has 1 aromatic heterocycles. The number of hydrogen-bond acceptors (Lipinski definition) is 9. The van der Waals surface area contributed by atoms with Gasteiger partial charge in [0.05, 0.1) is 23.0 Å². The molecule has 164 valence electrons. The summed E-state index contributed by atoms with van der Waals surface area (Å²) in [5, 5.41) is 11.8. The molecule has 2 N–H and O–H groups in total. The predicted molar refractivity (Wildman–Crippen MR) is 115 cm³/mol. The van der Waals surface area contributed by atoms with Gasteiger partial charge in [-0.15, -0.1) is 0 Å². The summed E-state index contributed by atoms with van der Waals surface area (Å²) in [5.74, 6) is -0.991. The van der Waals surface area contributed by atoms with E-state index in [0.29, 0.717) is 42.6 Å². The molecule has 1 aliphatic rings. The van der Waals surface area contributed by atoms with Crippen molar-refractivity contribution in [1.82, 2.24) is 15.4 Å². The van der Waals surface area contributed by atoms with E-state index in [0.717, 1.165) is 0 Å². The van der Waals surface area contributed by atoms with Crippen LogP contribution in [0.5, 0.6) is 0 Å². The molecule has 3 rings (SSSR count). The van der Waals surface area contributed by atoms with Crippen molar-refractivity contribution in [3.05, 3.63) is 50.7 Å². The van der Waals surface area contributed by atoms with Crippen LogP contribution in [0.3, 0.4) is 0 Å². The quantitative estimate of drug-likeness (QED) is 0.339. The molecule has 1 fully saturated rings. The summed E-state index contributed by atoms with van der Waals surface area (Å²) in [7, 11) is 0. The fourth-order valence-corrected chi connectivity index (χ4v) is 3.74. The number of ether oxygens (including phenoxy) is 1. The smallest absolute Gasteiger partial charge is 0.355 e. The zero-order chi connectivity index (χ0) is 22.4. The maximum Gasteiger partial charge on any atom is 0.355 e. The first kappa shape index (κ1) is 22.4. The third-order valence-corrected chi connectivity index (χ3v) is 5.50. The predicted octanol–water partition coefficient (Wildman–Crippen LogP) is 2.68. The molecule has 0 atom stereocenters. The minimum Gasteiger partial charge on any atom is -0.466 e. The van der Waals surface area contributed by atoms with Gasteiger partial charge in [0.2, 0.25) is 11.6 Å². The zero-order valence-corrected chi connectivity index (χ0v) is 18.3. The number of piperidine rings is 1. The molecule has 1 aromatic carbocycles. The van der Waals surface area contributed by atoms with Gasteiger partial charge in [0.25, 0.3) is 5.91 Å². The number of amides is 1. The van der Waals surface area contributed by atoms with Gasteiger partial charge in [-0.3, -0.25) is 30.6 Å². The van der Waals surface area contributed by atoms with E-state index in [4.69, 9.17) is 4.74 Å². The van der Waals surface area contributed by atoms with E-state index >= 15 is 0 Å². The highest BCUT2D eigenvalue weighted by Gasteiger charge is 2.32. The number of carbonyl (C=O) groups excluding carboxylic acids is 2. The molecule has 0 spiro atoms. The third-order valence-electron chi connectivity index (χ3n) is 4.81. The second-order valence-electron chi connectivity index (χ2n) is 6.72. The Morgan fingerprint density at radius 3 is 2.65 bits per heavy atom. The summed E-state index contributed by atoms with van der Waals surface area (Å²) in [4.78, 5) is 45.2. The van der Waals surface area contributed by atoms with Crippen molar-refractivity contribution in [1.29, 1.82) is 0 Å². The SMILES string of the molecule is CCOC(=O)C1CCN(c2ncnc(NNC(=O)c3ccccc3Br)c2[N+](=O)[O-])CC1. The summed E-state index contributed by atoms with van der Waals surface area (Å²) in [5.41, 5.74) is 4.95. The van der Waals surface area contributed by atoms with Gasteiger partial charge in [0, 0.05) is 17.6 Å². The first-order chi connectivity index (χ1) is 14.9. The molecule has 31 heavy (non-hydrogen) atoms. The van der Waals surface area contributed by atoms with Gasteiger partial charge in [-0.05, 0) is 47.8 Å². The Hall–Kier alpha value is -3.28. The first-order valence-electron chi connectivity index (χ1n) is 9.64. The highest BCUT2D eigenvalue weighted by Crippen LogP contribution is 2.34. The Morgan fingerprint density at radius 1 is 1.29 bits per heavy atom. The number of anilines is 2. The number of nitro groups is 1. The van der Waals surface area contributed by atoms with Gasteiger partial charge >= 0.3 is 11.7 Å². The van der Waals surface area contributed by atoms with Gasteiger partial charge in [-0.25, -0.2) is 9.97 Å². The molecule has 0 radical (unpaired) electrons. The number of benzene rings is 1. The van der Waals surface area contributed by atoms with E-state index in [-0.39, 0.29) is 29.2 Å². The lowest BCUT2D eigenvalue weighted by Gasteiger charge is -2.31. The summed E-state index contributed by atoms with van der Waals surface area (Å²) in [6.07, 6.45) is 2.19. The lowest BCUT2D eigenvalue weighted by atomic mass is 9.97. The van der Waals surface area contributed by atoms with Crippen molar-refractivity contribution in [2.45, 2.75) is 19.8 Å². The van der Waals surface area contributed by atoms with Gasteiger partial charge in [-0.2, -0.15) is 0 Å². The molecule has 2 heterocycles. The van der Waals surface area contributed by atoms with Crippen LogP contribution in [0.25, 0.3) is 0 Å². The van der Waals surface area contributed by atoms with Gasteiger partial charge in [-0.1, -0.05) is 12.1 Å². The number of nitrogens with zero attached hydrogens (tertiary/aromatic N) is 4. The minimum absolute atomic E-state index is 0.125. The molecule has 1 saturated heterocycles. The van der Waals surface area contributed by atoms with Crippen molar-refractivity contribution in [2.75, 3.05) is 30.0 Å². The van der Waals surface area contributed by atoms with Crippen molar-refractivity contribution in [3.8, 4) is 0 Å². The Bertz CT molecular complexity index is 980. The lowest BCUT2D eigenvalue weighted by molar-refractivity contribution is -0.383. The summed E-state index contributed by atoms with van der Waals surface area (Å²) >= 11 is 3.29. The van der Waals surface area contributed by atoms with E-state index in [1.54, 1.807) is 36.1 Å². The van der Waals surface area contributed by atoms with Crippen LogP contribution in [0.15, 0.2) is 35.1 Å². The van der Waals surface area contributed by atoms with Crippen LogP contribution < -0.4 is 15.8 Å². The second-order valence-corrected chi connectivity index (χ2v) is 7.58. The molecule has 0 bridgehead atoms. The standard InChI is InChI=1S/C19H21BrN6O5/c1-2-31-19(28)12-7-9-25(10-8-12)17-15(26(29)30)16(21-11-22-17)23-24-18(27)13-5-3-4-6-14(13)20/h3-6,11-12H,2,7-10H2,1H3,(H,24,27)(H,21,22,23). The average molecular weight is 493 g/mol. The van der Waals surface area contributed by atoms with Gasteiger partial charge < -0.3 is 9.64 Å². The normalized spacial score (nSPS) is 14.1. The Kier molecular flexibility index (Phi) is 7.34. The number of hydrogen-bond donors (Lipinski definition) is 2. The van der Waals surface area contributed by atoms with E-state index < -0.39 is 10.8 Å². The van der Waals surface area contributed by atoms with Crippen molar-refractivity contribution >= 4 is 45.1 Å². The number of hydrazine groups is 1. The number of nitrogens with one attached hydrogen (secondary N) is 2. The number of aromatic nitrogens is 2. The third kappa shape index (κ3) is 5.26. The topological polar surface area (TPSA) is 140 Å². The highest BCUT2D eigenvalue weighted by atomic mass is 79.9. The molecule has 0 aliphatic carbocycles. The maximum atomic E-state index is 12.4. The lowest BCUT2D eigenvalue weighted by Crippen LogP contribution is -2.38. The van der Waals surface area contributed by atoms with Crippen LogP contribution in [0, 0.1) is 16.0 Å². The number of esters is 1. The molecule has 1 amide bonds. The van der Waals surface area contributed by atoms with E-state index in [1.165, 1.54) is 6.33 Å². The van der Waals surface area contributed by atoms with Crippen LogP contribution in [0.2, 0.25) is 0 Å². The Balaban J connectivity index is 1.74. The first-order valence-corrected chi connectivity index (χ1v) is 10.4. The molecule has 1 aliphatic heterocycles. The van der Waals surface area contributed by atoms with E-state index in [2.05, 4.69) is 36.7 Å². The van der Waals surface area contributed by atoms with E-state index in [1.807, 2.05) is 0 Å². The van der Waals surface area contributed by atoms with Crippen LogP contribution in [0.4, 0.5) is 17.3 Å². The van der Waals surface area contributed by atoms with Crippen LogP contribution in [-0.4, -0.2) is 46.5 Å². The largest absolute Gasteiger partial charge is 0.466 e. The molecule has 11 nitrogen and oxygen atoms in total. The maximum absolute atomic E-state index is 12.4. The summed E-state index contributed by atoms with van der Waals surface area (Å²) in [6, 6.07) is 6.78. The van der Waals surface area contributed by atoms with Crippen molar-refractivity contribution < 1.29 is 19.2 Å². The fourth-order valence-electron chi connectivity index (χ4n) is 3.28. The van der Waals surface area contributed by atoms with Crippen molar-refractivity contribution in [2.24, 2.45) is 5.92 Å². The molecule has 0 saturated carbocycles. The van der Waals surface area contributed by atoms with Crippen molar-refractivity contribution in [3.63, 3.8) is 0 Å². The van der Waals surface area contributed by atoms with E-state index in [9.17, 15) is 19.7 Å². The second kappa shape index (κ2) is 10.2. The molecule has 12 heteroatoms. The Labute approximate surface area is 186 Å². The number of halogens is 1. The highest BCUT2D eigenvalue weighted by molar-refractivity contribution is 9.10. The summed E-state index contributed by atoms with van der Waals surface area (Å²) in [6.45, 7) is 2.88. The Morgan fingerprint density at radius 2 is 2.00 bits per heavy atom. The number of rotatable bonds is 7. The molecule has 0 unspecified atom stereocenters. The van der Waals surface area contributed by atoms with Crippen LogP contribution >= 0.6 is 15.9 Å². The minimum atomic E-state index is -0.598. The zero-order valence-electron chi connectivity index (χ0n) is 16.7. The number of carbonyl (C=O) groups is 2. The van der Waals surface area contributed by atoms with Gasteiger partial charge in [0.15, 0.2) is 0 Å². The van der Waals surface area contributed by atoms with Crippen LogP contribution in [-0.2, 0) is 9.53 Å². The molecular formula is C19H21BrN6O5. The summed E-state index contributed by atoms with van der Waals surface area (Å²) < 4.78 is 5.64. The van der Waals surface area contributed by atoms with Crippen LogP contribution in [0.1, 0.15) is 30.1 Å².